The van der Waals surface area contributed by atoms with E-state index < -0.39 is 0 Å². The molecule has 0 spiro atoms. The number of carbonyl (C=O) groups excluding carboxylic acids is 2. The lowest BCUT2D eigenvalue weighted by Crippen LogP contribution is -2.51. The summed E-state index contributed by atoms with van der Waals surface area (Å²) in [6, 6.07) is 14.5. The van der Waals surface area contributed by atoms with Crippen LogP contribution in [0, 0.1) is 17.2 Å². The van der Waals surface area contributed by atoms with Gasteiger partial charge in [-0.25, -0.2) is 0 Å². The molecule has 0 unspecified atom stereocenters. The van der Waals surface area contributed by atoms with Gasteiger partial charge < -0.3 is 24.0 Å². The number of rotatable bonds is 5. The maximum Gasteiger partial charge on any atom is 0.258 e. The molecule has 0 radical (unpaired) electrons. The van der Waals surface area contributed by atoms with Crippen molar-refractivity contribution in [3.8, 4) is 23.3 Å². The van der Waals surface area contributed by atoms with Crippen LogP contribution in [0.4, 0.5) is 0 Å². The number of para-hydroxylation sites is 1. The van der Waals surface area contributed by atoms with E-state index in [1.165, 1.54) is 7.11 Å². The molecular formula is C25H27N3O5. The predicted octanol–water partition coefficient (Wildman–Crippen LogP) is 3.04. The zero-order valence-corrected chi connectivity index (χ0v) is 18.8. The van der Waals surface area contributed by atoms with Gasteiger partial charge in [-0.05, 0) is 24.3 Å². The highest BCUT2D eigenvalue weighted by Gasteiger charge is 2.41. The molecule has 2 aromatic carbocycles. The molecule has 1 saturated heterocycles. The monoisotopic (exact) mass is 449 g/mol. The first kappa shape index (κ1) is 22.5. The summed E-state index contributed by atoms with van der Waals surface area (Å²) in [5.41, 5.74) is 1.33. The van der Waals surface area contributed by atoms with Gasteiger partial charge in [-0.15, -0.1) is 0 Å². The highest BCUT2D eigenvalue weighted by molar-refractivity contribution is 5.97. The van der Waals surface area contributed by atoms with Crippen molar-refractivity contribution in [2.75, 3.05) is 40.5 Å². The molecule has 2 amide bonds. The summed E-state index contributed by atoms with van der Waals surface area (Å²) in [5.74, 6) is 1.43. The zero-order valence-electron chi connectivity index (χ0n) is 18.8. The Hall–Kier alpha value is -3.73. The Balaban J connectivity index is 1.77. The lowest BCUT2D eigenvalue weighted by Gasteiger charge is -2.44. The van der Waals surface area contributed by atoms with Crippen LogP contribution in [0.15, 0.2) is 42.5 Å². The van der Waals surface area contributed by atoms with Crippen molar-refractivity contribution in [2.24, 2.45) is 5.92 Å². The Kier molecular flexibility index (Phi) is 6.68. The summed E-state index contributed by atoms with van der Waals surface area (Å²) in [6.45, 7) is 1.38. The Bertz CT molecular complexity index is 1080. The summed E-state index contributed by atoms with van der Waals surface area (Å²) in [5, 5.41) is 9.02. The molecule has 172 valence electrons. The van der Waals surface area contributed by atoms with E-state index in [1.807, 2.05) is 24.3 Å². The number of hydrogen-bond acceptors (Lipinski definition) is 6. The van der Waals surface area contributed by atoms with Gasteiger partial charge in [0.2, 0.25) is 5.91 Å². The molecule has 2 aromatic rings. The van der Waals surface area contributed by atoms with Gasteiger partial charge in [-0.2, -0.15) is 5.26 Å². The van der Waals surface area contributed by atoms with Crippen molar-refractivity contribution in [3.05, 3.63) is 53.6 Å². The highest BCUT2D eigenvalue weighted by Crippen LogP contribution is 2.43. The summed E-state index contributed by atoms with van der Waals surface area (Å²) < 4.78 is 16.8. The van der Waals surface area contributed by atoms with Crippen LogP contribution in [0.25, 0.3) is 0 Å². The van der Waals surface area contributed by atoms with Gasteiger partial charge in [0.15, 0.2) is 0 Å². The average molecular weight is 450 g/mol. The highest BCUT2D eigenvalue weighted by atomic mass is 16.5. The van der Waals surface area contributed by atoms with Crippen molar-refractivity contribution in [1.82, 2.24) is 9.80 Å². The quantitative estimate of drug-likeness (QED) is 0.697. The average Bonchev–Trinajstić information content (AvgIpc) is 2.85. The number of carbonyl (C=O) groups is 2. The van der Waals surface area contributed by atoms with Crippen LogP contribution in [-0.2, 0) is 4.79 Å². The molecule has 0 aromatic heterocycles. The van der Waals surface area contributed by atoms with E-state index in [9.17, 15) is 9.59 Å². The minimum absolute atomic E-state index is 0.0675. The number of methoxy groups -OCH3 is 2. The van der Waals surface area contributed by atoms with Gasteiger partial charge in [0.25, 0.3) is 5.91 Å². The predicted molar refractivity (Wildman–Crippen MR) is 120 cm³/mol. The minimum Gasteiger partial charge on any atom is -0.497 e. The molecule has 0 bridgehead atoms. The molecule has 8 heteroatoms. The maximum atomic E-state index is 13.8. The van der Waals surface area contributed by atoms with Gasteiger partial charge >= 0.3 is 0 Å². The molecule has 0 saturated carbocycles. The summed E-state index contributed by atoms with van der Waals surface area (Å²) in [4.78, 5) is 30.2. The van der Waals surface area contributed by atoms with Gasteiger partial charge in [0, 0.05) is 43.6 Å². The van der Waals surface area contributed by atoms with E-state index in [-0.39, 0.29) is 43.2 Å². The Morgan fingerprint density at radius 1 is 1.21 bits per heavy atom. The van der Waals surface area contributed by atoms with Crippen LogP contribution in [-0.4, -0.2) is 62.1 Å². The zero-order chi connectivity index (χ0) is 23.4. The third-order valence-electron chi connectivity index (χ3n) is 6.24. The van der Waals surface area contributed by atoms with Crippen molar-refractivity contribution in [2.45, 2.75) is 18.9 Å². The minimum atomic E-state index is -0.297. The van der Waals surface area contributed by atoms with Crippen LogP contribution in [0.3, 0.4) is 0 Å². The molecule has 33 heavy (non-hydrogen) atoms. The molecule has 0 aliphatic carbocycles. The summed E-state index contributed by atoms with van der Waals surface area (Å²) in [6.07, 6.45) is 0.448. The fraction of sp³-hybridized carbons (Fsp3) is 0.400. The molecule has 2 aliphatic heterocycles. The first-order chi connectivity index (χ1) is 16.1. The second-order valence-corrected chi connectivity index (χ2v) is 8.12. The van der Waals surface area contributed by atoms with Crippen molar-refractivity contribution in [3.63, 3.8) is 0 Å². The number of nitrogens with zero attached hydrogens (tertiary/aromatic N) is 3. The molecule has 0 N–H and O–H groups in total. The lowest BCUT2D eigenvalue weighted by atomic mass is 9.87. The van der Waals surface area contributed by atoms with Crippen molar-refractivity contribution in [1.29, 1.82) is 5.26 Å². The first-order valence-electron chi connectivity index (χ1n) is 11.0. The molecule has 8 nitrogen and oxygen atoms in total. The molecule has 4 rings (SSSR count). The van der Waals surface area contributed by atoms with Crippen LogP contribution in [0.1, 0.15) is 34.8 Å². The van der Waals surface area contributed by atoms with Crippen molar-refractivity contribution >= 4 is 11.8 Å². The topological polar surface area (TPSA) is 92.1 Å². The Morgan fingerprint density at radius 2 is 2.03 bits per heavy atom. The number of ether oxygens (including phenoxy) is 3. The van der Waals surface area contributed by atoms with E-state index in [1.54, 1.807) is 35.1 Å². The first-order valence-corrected chi connectivity index (χ1v) is 11.0. The fourth-order valence-corrected chi connectivity index (χ4v) is 4.63. The summed E-state index contributed by atoms with van der Waals surface area (Å²) >= 11 is 0. The number of amides is 2. The lowest BCUT2D eigenvalue weighted by molar-refractivity contribution is -0.134. The Morgan fingerprint density at radius 3 is 2.79 bits per heavy atom. The molecule has 1 fully saturated rings. The number of nitriles is 1. The smallest absolute Gasteiger partial charge is 0.258 e. The molecule has 2 aliphatic rings. The van der Waals surface area contributed by atoms with E-state index in [0.717, 1.165) is 5.56 Å². The van der Waals surface area contributed by atoms with Gasteiger partial charge in [-0.1, -0.05) is 12.1 Å². The van der Waals surface area contributed by atoms with Gasteiger partial charge in [0.05, 0.1) is 44.9 Å². The van der Waals surface area contributed by atoms with E-state index >= 15 is 0 Å². The molecule has 2 atom stereocenters. The number of fused-ring (bicyclic) bond motifs is 3. The van der Waals surface area contributed by atoms with Crippen molar-refractivity contribution < 1.29 is 23.8 Å². The molecule has 2 heterocycles. The molecular weight excluding hydrogens is 422 g/mol. The van der Waals surface area contributed by atoms with E-state index in [2.05, 4.69) is 6.07 Å². The second kappa shape index (κ2) is 9.82. The van der Waals surface area contributed by atoms with Gasteiger partial charge in [0.1, 0.15) is 17.2 Å². The summed E-state index contributed by atoms with van der Waals surface area (Å²) in [7, 11) is 3.13. The number of hydrogen-bond donors (Lipinski definition) is 0. The Labute approximate surface area is 193 Å². The van der Waals surface area contributed by atoms with Crippen LogP contribution < -0.4 is 14.2 Å². The largest absolute Gasteiger partial charge is 0.497 e. The SMILES string of the molecule is COc1ccc2c(c1)OC[C@@H]1CN(CCC#N)C(=O)CCN(C(=O)c3ccccc3OC)[C@H]21. The van der Waals surface area contributed by atoms with Crippen LogP contribution in [0.5, 0.6) is 17.2 Å². The maximum absolute atomic E-state index is 13.8. The third-order valence-corrected chi connectivity index (χ3v) is 6.24. The third kappa shape index (κ3) is 4.44. The van der Waals surface area contributed by atoms with E-state index in [4.69, 9.17) is 19.5 Å². The van der Waals surface area contributed by atoms with Crippen LogP contribution in [0.2, 0.25) is 0 Å². The number of benzene rings is 2. The normalized spacial score (nSPS) is 19.8. The second-order valence-electron chi connectivity index (χ2n) is 8.12. The van der Waals surface area contributed by atoms with Crippen LogP contribution >= 0.6 is 0 Å². The van der Waals surface area contributed by atoms with E-state index in [0.29, 0.717) is 42.5 Å². The fourth-order valence-electron chi connectivity index (χ4n) is 4.63. The standard InChI is InChI=1S/C25H27N3O5/c1-31-18-8-9-19-22(14-18)33-16-17-15-27(12-5-11-26)23(29)10-13-28(24(17)19)25(30)20-6-3-4-7-21(20)32-2/h3-4,6-9,14,17,24H,5,10,12-13,15-16H2,1-2H3/t17-,24-/m0/s1. The van der Waals surface area contributed by atoms with Gasteiger partial charge in [-0.3, -0.25) is 9.59 Å².